The van der Waals surface area contributed by atoms with E-state index in [1.54, 1.807) is 0 Å². The fourth-order valence-electron chi connectivity index (χ4n) is 3.10. The first-order valence-corrected chi connectivity index (χ1v) is 7.93. The first-order chi connectivity index (χ1) is 9.44. The van der Waals surface area contributed by atoms with Crippen LogP contribution in [0.1, 0.15) is 64.5 Å². The Hall–Kier alpha value is -0.860. The quantitative estimate of drug-likeness (QED) is 0.868. The first kappa shape index (κ1) is 15.5. The molecule has 0 heterocycles. The molecule has 1 aliphatic carbocycles. The number of aliphatic hydroxyl groups is 1. The molecule has 1 atom stereocenters. The summed E-state index contributed by atoms with van der Waals surface area (Å²) >= 11 is 0. The Labute approximate surface area is 123 Å². The maximum absolute atomic E-state index is 9.64. The summed E-state index contributed by atoms with van der Waals surface area (Å²) in [7, 11) is 0. The standard InChI is InChI=1S/C18H29NO/c1-18(2,3)13-17(14-7-5-4-6-8-14)19-15-9-11-16(20)12-10-15/h4-8,15-17,19-20H,9-13H2,1-3H3. The van der Waals surface area contributed by atoms with Crippen LogP contribution in [0.15, 0.2) is 30.3 Å². The normalized spacial score (nSPS) is 25.4. The maximum Gasteiger partial charge on any atom is 0.0541 e. The number of aliphatic hydroxyl groups excluding tert-OH is 1. The van der Waals surface area contributed by atoms with Crippen LogP contribution in [0.4, 0.5) is 0 Å². The number of benzene rings is 1. The van der Waals surface area contributed by atoms with Gasteiger partial charge in [0.15, 0.2) is 0 Å². The van der Waals surface area contributed by atoms with Crippen molar-refractivity contribution in [1.29, 1.82) is 0 Å². The molecule has 2 N–H and O–H groups in total. The minimum Gasteiger partial charge on any atom is -0.393 e. The van der Waals surface area contributed by atoms with E-state index in [9.17, 15) is 5.11 Å². The molecule has 1 aromatic carbocycles. The highest BCUT2D eigenvalue weighted by Gasteiger charge is 2.25. The van der Waals surface area contributed by atoms with Gasteiger partial charge in [-0.05, 0) is 43.1 Å². The molecule has 0 aliphatic heterocycles. The fraction of sp³-hybridized carbons (Fsp3) is 0.667. The van der Waals surface area contributed by atoms with Crippen molar-refractivity contribution < 1.29 is 5.11 Å². The molecule has 1 saturated carbocycles. The molecule has 0 amide bonds. The van der Waals surface area contributed by atoms with Crippen LogP contribution in [0.2, 0.25) is 0 Å². The summed E-state index contributed by atoms with van der Waals surface area (Å²) in [6, 6.07) is 11.7. The SMILES string of the molecule is CC(C)(C)CC(NC1CCC(O)CC1)c1ccccc1. The molecule has 1 unspecified atom stereocenters. The molecule has 0 radical (unpaired) electrons. The lowest BCUT2D eigenvalue weighted by molar-refractivity contribution is 0.112. The monoisotopic (exact) mass is 275 g/mol. The van der Waals surface area contributed by atoms with E-state index in [4.69, 9.17) is 0 Å². The Morgan fingerprint density at radius 2 is 1.70 bits per heavy atom. The van der Waals surface area contributed by atoms with Crippen LogP contribution in [0.5, 0.6) is 0 Å². The zero-order chi connectivity index (χ0) is 14.6. The highest BCUT2D eigenvalue weighted by atomic mass is 16.3. The van der Waals surface area contributed by atoms with Crippen LogP contribution in [0.3, 0.4) is 0 Å². The van der Waals surface area contributed by atoms with E-state index in [0.717, 1.165) is 32.1 Å². The fourth-order valence-corrected chi connectivity index (χ4v) is 3.10. The number of rotatable bonds is 4. The molecule has 1 aliphatic rings. The summed E-state index contributed by atoms with van der Waals surface area (Å²) in [5.41, 5.74) is 1.69. The average molecular weight is 275 g/mol. The van der Waals surface area contributed by atoms with Crippen LogP contribution < -0.4 is 5.32 Å². The third-order valence-corrected chi connectivity index (χ3v) is 4.15. The van der Waals surface area contributed by atoms with Crippen LogP contribution >= 0.6 is 0 Å². The third-order valence-electron chi connectivity index (χ3n) is 4.15. The van der Waals surface area contributed by atoms with Gasteiger partial charge in [-0.15, -0.1) is 0 Å². The van der Waals surface area contributed by atoms with Crippen LogP contribution in [-0.2, 0) is 0 Å². The molecule has 20 heavy (non-hydrogen) atoms. The Kier molecular flexibility index (Phi) is 5.22. The molecular weight excluding hydrogens is 246 g/mol. The lowest BCUT2D eigenvalue weighted by Crippen LogP contribution is -2.38. The van der Waals surface area contributed by atoms with Crippen molar-refractivity contribution in [2.45, 2.75) is 71.1 Å². The summed E-state index contributed by atoms with van der Waals surface area (Å²) in [6.07, 6.45) is 5.12. The summed E-state index contributed by atoms with van der Waals surface area (Å²) in [6.45, 7) is 6.90. The van der Waals surface area contributed by atoms with Gasteiger partial charge in [0.05, 0.1) is 6.10 Å². The molecule has 1 fully saturated rings. The van der Waals surface area contributed by atoms with Gasteiger partial charge in [-0.1, -0.05) is 51.1 Å². The van der Waals surface area contributed by atoms with Crippen molar-refractivity contribution in [3.8, 4) is 0 Å². The minimum absolute atomic E-state index is 0.0779. The summed E-state index contributed by atoms with van der Waals surface area (Å²) in [5, 5.41) is 13.5. The van der Waals surface area contributed by atoms with Crippen molar-refractivity contribution in [2.75, 3.05) is 0 Å². The van der Waals surface area contributed by atoms with Crippen LogP contribution in [0.25, 0.3) is 0 Å². The van der Waals surface area contributed by atoms with Gasteiger partial charge in [0.2, 0.25) is 0 Å². The van der Waals surface area contributed by atoms with Gasteiger partial charge in [0.25, 0.3) is 0 Å². The molecule has 2 heteroatoms. The number of nitrogens with one attached hydrogen (secondary N) is 1. The Balaban J connectivity index is 2.03. The van der Waals surface area contributed by atoms with E-state index in [1.807, 2.05) is 0 Å². The van der Waals surface area contributed by atoms with E-state index in [1.165, 1.54) is 5.56 Å². The molecular formula is C18H29NO. The predicted molar refractivity (Wildman–Crippen MR) is 84.7 cm³/mol. The van der Waals surface area contributed by atoms with Crippen molar-refractivity contribution in [2.24, 2.45) is 5.41 Å². The number of hydrogen-bond acceptors (Lipinski definition) is 2. The Morgan fingerprint density at radius 3 is 2.25 bits per heavy atom. The largest absolute Gasteiger partial charge is 0.393 e. The van der Waals surface area contributed by atoms with E-state index in [2.05, 4.69) is 56.4 Å². The molecule has 1 aromatic rings. The average Bonchev–Trinajstić information content (AvgIpc) is 2.40. The second kappa shape index (κ2) is 6.73. The molecule has 2 nitrogen and oxygen atoms in total. The smallest absolute Gasteiger partial charge is 0.0541 e. The third kappa shape index (κ3) is 4.92. The summed E-state index contributed by atoms with van der Waals surface area (Å²) in [4.78, 5) is 0. The number of hydrogen-bond donors (Lipinski definition) is 2. The van der Waals surface area contributed by atoms with Crippen molar-refractivity contribution in [3.05, 3.63) is 35.9 Å². The van der Waals surface area contributed by atoms with E-state index in [-0.39, 0.29) is 6.10 Å². The molecule has 0 bridgehead atoms. The van der Waals surface area contributed by atoms with Gasteiger partial charge in [-0.2, -0.15) is 0 Å². The first-order valence-electron chi connectivity index (χ1n) is 7.93. The predicted octanol–water partition coefficient (Wildman–Crippen LogP) is 4.06. The molecule has 0 spiro atoms. The second-order valence-corrected chi connectivity index (χ2v) is 7.40. The van der Waals surface area contributed by atoms with Gasteiger partial charge in [0.1, 0.15) is 0 Å². The summed E-state index contributed by atoms with van der Waals surface area (Å²) < 4.78 is 0. The van der Waals surface area contributed by atoms with Gasteiger partial charge >= 0.3 is 0 Å². The van der Waals surface area contributed by atoms with Gasteiger partial charge in [-0.3, -0.25) is 0 Å². The van der Waals surface area contributed by atoms with Crippen molar-refractivity contribution in [1.82, 2.24) is 5.32 Å². The van der Waals surface area contributed by atoms with E-state index < -0.39 is 0 Å². The zero-order valence-electron chi connectivity index (χ0n) is 13.1. The lowest BCUT2D eigenvalue weighted by Gasteiger charge is -2.33. The van der Waals surface area contributed by atoms with Crippen molar-refractivity contribution >= 4 is 0 Å². The lowest BCUT2D eigenvalue weighted by atomic mass is 9.84. The molecule has 2 rings (SSSR count). The topological polar surface area (TPSA) is 32.3 Å². The van der Waals surface area contributed by atoms with E-state index >= 15 is 0 Å². The molecule has 0 aromatic heterocycles. The van der Waals surface area contributed by atoms with E-state index in [0.29, 0.717) is 17.5 Å². The molecule has 112 valence electrons. The second-order valence-electron chi connectivity index (χ2n) is 7.40. The minimum atomic E-state index is -0.0779. The highest BCUT2D eigenvalue weighted by molar-refractivity contribution is 5.19. The summed E-state index contributed by atoms with van der Waals surface area (Å²) in [5.74, 6) is 0. The zero-order valence-corrected chi connectivity index (χ0v) is 13.1. The van der Waals surface area contributed by atoms with Gasteiger partial charge in [0, 0.05) is 12.1 Å². The highest BCUT2D eigenvalue weighted by Crippen LogP contribution is 2.31. The van der Waals surface area contributed by atoms with Gasteiger partial charge < -0.3 is 10.4 Å². The van der Waals surface area contributed by atoms with Crippen LogP contribution in [0, 0.1) is 5.41 Å². The van der Waals surface area contributed by atoms with Crippen LogP contribution in [-0.4, -0.2) is 17.3 Å². The molecule has 0 saturated heterocycles. The maximum atomic E-state index is 9.64. The van der Waals surface area contributed by atoms with Crippen molar-refractivity contribution in [3.63, 3.8) is 0 Å². The van der Waals surface area contributed by atoms with Gasteiger partial charge in [-0.25, -0.2) is 0 Å². The Bertz CT molecular complexity index is 388. The Morgan fingerprint density at radius 1 is 1.10 bits per heavy atom.